The molecule has 0 saturated carbocycles. The molecule has 0 fully saturated rings. The minimum Gasteiger partial charge on any atom is -0.451 e. The molecule has 2 aromatic heterocycles. The molecule has 25 heavy (non-hydrogen) atoms. The van der Waals surface area contributed by atoms with Crippen LogP contribution >= 0.6 is 0 Å². The van der Waals surface area contributed by atoms with Gasteiger partial charge in [-0.1, -0.05) is 36.4 Å². The Morgan fingerprint density at radius 1 is 0.960 bits per heavy atom. The van der Waals surface area contributed by atoms with Crippen molar-refractivity contribution in [1.29, 1.82) is 0 Å². The van der Waals surface area contributed by atoms with Crippen LogP contribution in [0.5, 0.6) is 11.6 Å². The van der Waals surface area contributed by atoms with E-state index in [0.29, 0.717) is 22.9 Å². The first-order chi connectivity index (χ1) is 12.3. The summed E-state index contributed by atoms with van der Waals surface area (Å²) in [5.41, 5.74) is 1.14. The lowest BCUT2D eigenvalue weighted by Gasteiger charge is -2.10. The van der Waals surface area contributed by atoms with Crippen LogP contribution in [0.2, 0.25) is 0 Å². The van der Waals surface area contributed by atoms with Crippen LogP contribution in [-0.4, -0.2) is 10.9 Å². The number of carbonyl (C=O) groups is 1. The van der Waals surface area contributed by atoms with E-state index in [2.05, 4.69) is 10.3 Å². The number of anilines is 1. The summed E-state index contributed by atoms with van der Waals surface area (Å²) >= 11 is 0. The first-order valence-electron chi connectivity index (χ1n) is 7.77. The number of pyridine rings is 1. The lowest BCUT2D eigenvalue weighted by molar-refractivity contribution is 0.0998. The highest BCUT2D eigenvalue weighted by atomic mass is 16.5. The fraction of sp³-hybridized carbons (Fsp3) is 0. The highest BCUT2D eigenvalue weighted by Crippen LogP contribution is 2.27. The molecule has 2 heterocycles. The standard InChI is InChI=1S/C20H14N2O3/c23-19(18-13-14-7-4-5-11-17(14)25-18)22-16-10-6-12-21-20(16)24-15-8-2-1-3-9-15/h1-13H,(H,22,23). The quantitative estimate of drug-likeness (QED) is 0.579. The Morgan fingerprint density at radius 3 is 2.60 bits per heavy atom. The van der Waals surface area contributed by atoms with E-state index in [1.807, 2.05) is 54.6 Å². The number of benzene rings is 2. The highest BCUT2D eigenvalue weighted by molar-refractivity contribution is 6.05. The molecule has 0 spiro atoms. The van der Waals surface area contributed by atoms with Crippen molar-refractivity contribution in [3.8, 4) is 11.6 Å². The summed E-state index contributed by atoms with van der Waals surface area (Å²) in [4.78, 5) is 16.7. The van der Waals surface area contributed by atoms with Gasteiger partial charge in [0, 0.05) is 11.6 Å². The molecule has 0 aliphatic heterocycles. The number of amides is 1. The molecule has 0 unspecified atom stereocenters. The number of hydrogen-bond donors (Lipinski definition) is 1. The van der Waals surface area contributed by atoms with Gasteiger partial charge in [0.2, 0.25) is 5.88 Å². The van der Waals surface area contributed by atoms with E-state index in [9.17, 15) is 4.79 Å². The zero-order chi connectivity index (χ0) is 17.1. The monoisotopic (exact) mass is 330 g/mol. The molecule has 0 atom stereocenters. The Bertz CT molecular complexity index is 992. The van der Waals surface area contributed by atoms with Gasteiger partial charge in [-0.25, -0.2) is 4.98 Å². The predicted molar refractivity (Wildman–Crippen MR) is 94.9 cm³/mol. The van der Waals surface area contributed by atoms with Crippen LogP contribution < -0.4 is 10.1 Å². The molecule has 0 aliphatic rings. The van der Waals surface area contributed by atoms with E-state index in [0.717, 1.165) is 5.39 Å². The summed E-state index contributed by atoms with van der Waals surface area (Å²) < 4.78 is 11.3. The second kappa shape index (κ2) is 6.49. The van der Waals surface area contributed by atoms with Gasteiger partial charge in [0.1, 0.15) is 17.0 Å². The van der Waals surface area contributed by atoms with Crippen molar-refractivity contribution in [2.75, 3.05) is 5.32 Å². The van der Waals surface area contributed by atoms with Crippen LogP contribution in [0, 0.1) is 0 Å². The van der Waals surface area contributed by atoms with Crippen molar-refractivity contribution in [2.45, 2.75) is 0 Å². The van der Waals surface area contributed by atoms with Crippen molar-refractivity contribution in [3.05, 3.63) is 84.8 Å². The van der Waals surface area contributed by atoms with Crippen LogP contribution in [0.4, 0.5) is 5.69 Å². The Hall–Kier alpha value is -3.60. The smallest absolute Gasteiger partial charge is 0.291 e. The van der Waals surface area contributed by atoms with E-state index in [1.54, 1.807) is 24.4 Å². The number of carbonyl (C=O) groups excluding carboxylic acids is 1. The van der Waals surface area contributed by atoms with Gasteiger partial charge in [-0.15, -0.1) is 0 Å². The maximum absolute atomic E-state index is 12.5. The number of ether oxygens (including phenoxy) is 1. The van der Waals surface area contributed by atoms with Crippen molar-refractivity contribution in [3.63, 3.8) is 0 Å². The average molecular weight is 330 g/mol. The molecule has 122 valence electrons. The molecule has 0 aliphatic carbocycles. The van der Waals surface area contributed by atoms with Gasteiger partial charge >= 0.3 is 0 Å². The molecule has 2 aromatic carbocycles. The number of hydrogen-bond acceptors (Lipinski definition) is 4. The van der Waals surface area contributed by atoms with Gasteiger partial charge in [-0.3, -0.25) is 4.79 Å². The average Bonchev–Trinajstić information content (AvgIpc) is 3.09. The number of fused-ring (bicyclic) bond motifs is 1. The molecular formula is C20H14N2O3. The van der Waals surface area contributed by atoms with Crippen molar-refractivity contribution < 1.29 is 13.9 Å². The predicted octanol–water partition coefficient (Wildman–Crippen LogP) is 4.87. The van der Waals surface area contributed by atoms with Gasteiger partial charge in [0.05, 0.1) is 0 Å². The van der Waals surface area contributed by atoms with Crippen molar-refractivity contribution in [1.82, 2.24) is 4.98 Å². The van der Waals surface area contributed by atoms with Gasteiger partial charge in [-0.2, -0.15) is 0 Å². The second-order valence-corrected chi connectivity index (χ2v) is 5.37. The maximum Gasteiger partial charge on any atom is 0.291 e. The minimum atomic E-state index is -0.359. The number of nitrogens with one attached hydrogen (secondary N) is 1. The lowest BCUT2D eigenvalue weighted by atomic mass is 10.2. The van der Waals surface area contributed by atoms with Gasteiger partial charge < -0.3 is 14.5 Å². The topological polar surface area (TPSA) is 64.4 Å². The van der Waals surface area contributed by atoms with Crippen LogP contribution in [0.15, 0.2) is 83.4 Å². The summed E-state index contributed by atoms with van der Waals surface area (Å²) in [7, 11) is 0. The third-order valence-corrected chi connectivity index (χ3v) is 3.63. The molecular weight excluding hydrogens is 316 g/mol. The van der Waals surface area contributed by atoms with E-state index in [1.165, 1.54) is 0 Å². The van der Waals surface area contributed by atoms with Crippen molar-refractivity contribution in [2.24, 2.45) is 0 Å². The molecule has 1 N–H and O–H groups in total. The zero-order valence-electron chi connectivity index (χ0n) is 13.2. The summed E-state index contributed by atoms with van der Waals surface area (Å²) in [5, 5.41) is 3.66. The van der Waals surface area contributed by atoms with E-state index >= 15 is 0 Å². The fourth-order valence-corrected chi connectivity index (χ4v) is 2.45. The Labute approximate surface area is 143 Å². The second-order valence-electron chi connectivity index (χ2n) is 5.37. The summed E-state index contributed by atoms with van der Waals surface area (Å²) in [5.74, 6) is 0.830. The molecule has 1 amide bonds. The molecule has 4 aromatic rings. The molecule has 0 radical (unpaired) electrons. The number of rotatable bonds is 4. The summed E-state index contributed by atoms with van der Waals surface area (Å²) in [6, 6.07) is 21.9. The number of para-hydroxylation sites is 2. The van der Waals surface area contributed by atoms with E-state index < -0.39 is 0 Å². The first kappa shape index (κ1) is 15.0. The van der Waals surface area contributed by atoms with Crippen molar-refractivity contribution >= 4 is 22.6 Å². The zero-order valence-corrected chi connectivity index (χ0v) is 13.2. The summed E-state index contributed by atoms with van der Waals surface area (Å²) in [6.45, 7) is 0. The van der Waals surface area contributed by atoms with Crippen LogP contribution in [-0.2, 0) is 0 Å². The minimum absolute atomic E-state index is 0.232. The maximum atomic E-state index is 12.5. The largest absolute Gasteiger partial charge is 0.451 e. The highest BCUT2D eigenvalue weighted by Gasteiger charge is 2.15. The molecule has 5 heteroatoms. The van der Waals surface area contributed by atoms with Gasteiger partial charge in [0.15, 0.2) is 5.76 Å². The molecule has 0 bridgehead atoms. The fourth-order valence-electron chi connectivity index (χ4n) is 2.45. The first-order valence-corrected chi connectivity index (χ1v) is 7.77. The van der Waals surface area contributed by atoms with Crippen LogP contribution in [0.3, 0.4) is 0 Å². The molecule has 5 nitrogen and oxygen atoms in total. The normalized spacial score (nSPS) is 10.6. The van der Waals surface area contributed by atoms with Crippen LogP contribution in [0.1, 0.15) is 10.6 Å². The molecule has 4 rings (SSSR count). The molecule has 0 saturated heterocycles. The number of nitrogens with zero attached hydrogens (tertiary/aromatic N) is 1. The third-order valence-electron chi connectivity index (χ3n) is 3.63. The van der Waals surface area contributed by atoms with Crippen LogP contribution in [0.25, 0.3) is 11.0 Å². The SMILES string of the molecule is O=C(Nc1cccnc1Oc1ccccc1)c1cc2ccccc2o1. The number of furan rings is 1. The van der Waals surface area contributed by atoms with Gasteiger partial charge in [-0.05, 0) is 36.4 Å². The van der Waals surface area contributed by atoms with E-state index in [-0.39, 0.29) is 11.7 Å². The number of aromatic nitrogens is 1. The Kier molecular flexibility index (Phi) is 3.88. The summed E-state index contributed by atoms with van der Waals surface area (Å²) in [6.07, 6.45) is 1.61. The Balaban J connectivity index is 1.59. The third kappa shape index (κ3) is 3.21. The lowest BCUT2D eigenvalue weighted by Crippen LogP contribution is -2.12. The van der Waals surface area contributed by atoms with E-state index in [4.69, 9.17) is 9.15 Å². The Morgan fingerprint density at radius 2 is 1.76 bits per heavy atom. The van der Waals surface area contributed by atoms with Gasteiger partial charge in [0.25, 0.3) is 5.91 Å².